The SMILES string of the molecule is COc1cc(C=CC(=O)NCc2cccc(CN3CCOCC3)c2)cc(OC)c1OC. The van der Waals surface area contributed by atoms with Gasteiger partial charge in [0.2, 0.25) is 11.7 Å². The average molecular weight is 427 g/mol. The van der Waals surface area contributed by atoms with E-state index >= 15 is 0 Å². The maximum atomic E-state index is 12.3. The summed E-state index contributed by atoms with van der Waals surface area (Å²) in [6.07, 6.45) is 3.22. The molecule has 2 aromatic rings. The van der Waals surface area contributed by atoms with Crippen molar-refractivity contribution >= 4 is 12.0 Å². The van der Waals surface area contributed by atoms with Gasteiger partial charge in [0.1, 0.15) is 0 Å². The molecule has 31 heavy (non-hydrogen) atoms. The predicted molar refractivity (Wildman–Crippen MR) is 120 cm³/mol. The molecule has 1 saturated heterocycles. The van der Waals surface area contributed by atoms with Gasteiger partial charge in [-0.05, 0) is 34.9 Å². The fourth-order valence-corrected chi connectivity index (χ4v) is 3.47. The van der Waals surface area contributed by atoms with E-state index in [0.29, 0.717) is 23.8 Å². The zero-order valence-corrected chi connectivity index (χ0v) is 18.3. The van der Waals surface area contributed by atoms with E-state index < -0.39 is 0 Å². The van der Waals surface area contributed by atoms with Crippen molar-refractivity contribution in [2.75, 3.05) is 47.6 Å². The van der Waals surface area contributed by atoms with Gasteiger partial charge in [-0.3, -0.25) is 9.69 Å². The molecule has 0 aromatic heterocycles. The number of morpholine rings is 1. The summed E-state index contributed by atoms with van der Waals surface area (Å²) in [7, 11) is 4.68. The van der Waals surface area contributed by atoms with Gasteiger partial charge in [-0.15, -0.1) is 0 Å². The molecule has 0 spiro atoms. The molecule has 0 bridgehead atoms. The molecule has 1 aliphatic rings. The molecule has 0 aliphatic carbocycles. The van der Waals surface area contributed by atoms with Gasteiger partial charge in [0.15, 0.2) is 11.5 Å². The minimum Gasteiger partial charge on any atom is -0.493 e. The lowest BCUT2D eigenvalue weighted by Gasteiger charge is -2.26. The second-order valence-electron chi connectivity index (χ2n) is 7.22. The van der Waals surface area contributed by atoms with E-state index in [9.17, 15) is 4.79 Å². The number of nitrogens with one attached hydrogen (secondary N) is 1. The van der Waals surface area contributed by atoms with Crippen LogP contribution >= 0.6 is 0 Å². The minimum atomic E-state index is -0.174. The molecule has 1 amide bonds. The Morgan fingerprint density at radius 2 is 1.71 bits per heavy atom. The fourth-order valence-electron chi connectivity index (χ4n) is 3.47. The summed E-state index contributed by atoms with van der Waals surface area (Å²) in [6.45, 7) is 4.84. The van der Waals surface area contributed by atoms with Gasteiger partial charge in [0.05, 0.1) is 34.5 Å². The van der Waals surface area contributed by atoms with E-state index in [-0.39, 0.29) is 5.91 Å². The van der Waals surface area contributed by atoms with Gasteiger partial charge in [-0.1, -0.05) is 24.3 Å². The van der Waals surface area contributed by atoms with Crippen molar-refractivity contribution < 1.29 is 23.7 Å². The lowest BCUT2D eigenvalue weighted by atomic mass is 10.1. The number of hydrogen-bond donors (Lipinski definition) is 1. The highest BCUT2D eigenvalue weighted by Gasteiger charge is 2.13. The largest absolute Gasteiger partial charge is 0.493 e. The first kappa shape index (κ1) is 22.7. The monoisotopic (exact) mass is 426 g/mol. The van der Waals surface area contributed by atoms with Gasteiger partial charge in [-0.2, -0.15) is 0 Å². The molecule has 166 valence electrons. The highest BCUT2D eigenvalue weighted by Crippen LogP contribution is 2.38. The second-order valence-corrected chi connectivity index (χ2v) is 7.22. The molecular formula is C24H30N2O5. The molecule has 1 fully saturated rings. The molecule has 1 N–H and O–H groups in total. The molecule has 1 aliphatic heterocycles. The number of rotatable bonds is 9. The van der Waals surface area contributed by atoms with Crippen LogP contribution in [0.5, 0.6) is 17.2 Å². The number of benzene rings is 2. The quantitative estimate of drug-likeness (QED) is 0.622. The third kappa shape index (κ3) is 6.47. The Morgan fingerprint density at radius 1 is 1.03 bits per heavy atom. The van der Waals surface area contributed by atoms with Gasteiger partial charge in [0.25, 0.3) is 0 Å². The van der Waals surface area contributed by atoms with Crippen molar-refractivity contribution in [2.24, 2.45) is 0 Å². The summed E-state index contributed by atoms with van der Waals surface area (Å²) in [5.74, 6) is 1.42. The number of carbonyl (C=O) groups is 1. The molecule has 0 unspecified atom stereocenters. The van der Waals surface area contributed by atoms with Crippen molar-refractivity contribution in [3.05, 3.63) is 59.2 Å². The van der Waals surface area contributed by atoms with Gasteiger partial charge in [-0.25, -0.2) is 0 Å². The molecule has 7 heteroatoms. The molecule has 0 atom stereocenters. The summed E-state index contributed by atoms with van der Waals surface area (Å²) in [4.78, 5) is 14.7. The Balaban J connectivity index is 1.57. The first-order valence-corrected chi connectivity index (χ1v) is 10.3. The van der Waals surface area contributed by atoms with E-state index in [0.717, 1.165) is 44.0 Å². The Morgan fingerprint density at radius 3 is 2.35 bits per heavy atom. The first-order valence-electron chi connectivity index (χ1n) is 10.3. The average Bonchev–Trinajstić information content (AvgIpc) is 2.81. The highest BCUT2D eigenvalue weighted by molar-refractivity contribution is 5.91. The topological polar surface area (TPSA) is 69.3 Å². The van der Waals surface area contributed by atoms with Crippen molar-refractivity contribution in [2.45, 2.75) is 13.1 Å². The molecule has 0 radical (unpaired) electrons. The summed E-state index contributed by atoms with van der Waals surface area (Å²) in [6, 6.07) is 11.9. The standard InChI is InChI=1S/C24H30N2O5/c1-28-21-14-18(15-22(29-2)24(21)30-3)7-8-23(27)25-16-19-5-4-6-20(13-19)17-26-9-11-31-12-10-26/h4-8,13-15H,9-12,16-17H2,1-3H3,(H,25,27). The third-order valence-electron chi connectivity index (χ3n) is 5.08. The molecule has 0 saturated carbocycles. The van der Waals surface area contributed by atoms with Crippen molar-refractivity contribution in [1.29, 1.82) is 0 Å². The minimum absolute atomic E-state index is 0.174. The summed E-state index contributed by atoms with van der Waals surface area (Å²) < 4.78 is 21.4. The maximum absolute atomic E-state index is 12.3. The molecule has 2 aromatic carbocycles. The zero-order valence-electron chi connectivity index (χ0n) is 18.3. The number of hydrogen-bond acceptors (Lipinski definition) is 6. The number of methoxy groups -OCH3 is 3. The van der Waals surface area contributed by atoms with E-state index in [1.807, 2.05) is 12.1 Å². The van der Waals surface area contributed by atoms with Crippen LogP contribution in [0.1, 0.15) is 16.7 Å². The second kappa shape index (κ2) is 11.4. The number of nitrogens with zero attached hydrogens (tertiary/aromatic N) is 1. The zero-order chi connectivity index (χ0) is 22.1. The molecule has 1 heterocycles. The lowest BCUT2D eigenvalue weighted by molar-refractivity contribution is -0.116. The molecule has 3 rings (SSSR count). The van der Waals surface area contributed by atoms with Gasteiger partial charge < -0.3 is 24.3 Å². The summed E-state index contributed by atoms with van der Waals surface area (Å²) in [5, 5.41) is 2.93. The van der Waals surface area contributed by atoms with Gasteiger partial charge >= 0.3 is 0 Å². The van der Waals surface area contributed by atoms with Crippen LogP contribution in [0.3, 0.4) is 0 Å². The van der Waals surface area contributed by atoms with E-state index in [2.05, 4.69) is 22.3 Å². The van der Waals surface area contributed by atoms with Crippen molar-refractivity contribution in [1.82, 2.24) is 10.2 Å². The summed E-state index contributed by atoms with van der Waals surface area (Å²) in [5.41, 5.74) is 3.08. The highest BCUT2D eigenvalue weighted by atomic mass is 16.5. The smallest absolute Gasteiger partial charge is 0.244 e. The normalized spacial score (nSPS) is 14.4. The third-order valence-corrected chi connectivity index (χ3v) is 5.08. The van der Waals surface area contributed by atoms with Crippen LogP contribution in [0.25, 0.3) is 6.08 Å². The van der Waals surface area contributed by atoms with Crippen LogP contribution in [-0.4, -0.2) is 58.4 Å². The summed E-state index contributed by atoms with van der Waals surface area (Å²) >= 11 is 0. The van der Waals surface area contributed by atoms with Crippen LogP contribution in [0, 0.1) is 0 Å². The Bertz CT molecular complexity index is 882. The van der Waals surface area contributed by atoms with E-state index in [4.69, 9.17) is 18.9 Å². The predicted octanol–water partition coefficient (Wildman–Crippen LogP) is 2.87. The van der Waals surface area contributed by atoms with Crippen LogP contribution < -0.4 is 19.5 Å². The van der Waals surface area contributed by atoms with Crippen molar-refractivity contribution in [3.8, 4) is 17.2 Å². The Hall–Kier alpha value is -3.03. The molecular weight excluding hydrogens is 396 g/mol. The number of ether oxygens (including phenoxy) is 4. The lowest BCUT2D eigenvalue weighted by Crippen LogP contribution is -2.35. The van der Waals surface area contributed by atoms with Crippen molar-refractivity contribution in [3.63, 3.8) is 0 Å². The number of carbonyl (C=O) groups excluding carboxylic acids is 1. The van der Waals surface area contributed by atoms with Crippen LogP contribution in [0.15, 0.2) is 42.5 Å². The van der Waals surface area contributed by atoms with Crippen LogP contribution in [0.4, 0.5) is 0 Å². The fraction of sp³-hybridized carbons (Fsp3) is 0.375. The van der Waals surface area contributed by atoms with E-state index in [1.54, 1.807) is 39.5 Å². The maximum Gasteiger partial charge on any atom is 0.244 e. The first-order chi connectivity index (χ1) is 15.1. The Kier molecular flexibility index (Phi) is 8.32. The molecule has 7 nitrogen and oxygen atoms in total. The van der Waals surface area contributed by atoms with Gasteiger partial charge in [0, 0.05) is 32.3 Å². The Labute approximate surface area is 183 Å². The number of amides is 1. The van der Waals surface area contributed by atoms with Crippen LogP contribution in [0.2, 0.25) is 0 Å². The van der Waals surface area contributed by atoms with E-state index in [1.165, 1.54) is 11.6 Å². The van der Waals surface area contributed by atoms with Crippen LogP contribution in [-0.2, 0) is 22.6 Å².